The third-order valence-electron chi connectivity index (χ3n) is 3.90. The van der Waals surface area contributed by atoms with Crippen LogP contribution in [0.15, 0.2) is 29.2 Å². The maximum atomic E-state index is 12.4. The van der Waals surface area contributed by atoms with Crippen molar-refractivity contribution in [3.8, 4) is 5.75 Å². The molecule has 0 aliphatic carbocycles. The van der Waals surface area contributed by atoms with Gasteiger partial charge in [-0.15, -0.1) is 0 Å². The molecule has 1 aromatic rings. The lowest BCUT2D eigenvalue weighted by Crippen LogP contribution is -2.38. The Bertz CT molecular complexity index is 621. The van der Waals surface area contributed by atoms with Gasteiger partial charge in [-0.2, -0.15) is 0 Å². The van der Waals surface area contributed by atoms with Gasteiger partial charge in [0.05, 0.1) is 18.2 Å². The van der Waals surface area contributed by atoms with Crippen molar-refractivity contribution in [3.05, 3.63) is 34.7 Å². The molecule has 0 bridgehead atoms. The normalized spacial score (nSPS) is 20.7. The van der Waals surface area contributed by atoms with Gasteiger partial charge < -0.3 is 4.74 Å². The fraction of sp³-hybridized carbons (Fsp3) is 0.412. The summed E-state index contributed by atoms with van der Waals surface area (Å²) in [5.41, 5.74) is 0.889. The van der Waals surface area contributed by atoms with Crippen LogP contribution in [0.1, 0.15) is 25.3 Å². The molecule has 0 N–H and O–H groups in total. The van der Waals surface area contributed by atoms with Gasteiger partial charge in [0.1, 0.15) is 5.75 Å². The number of amides is 2. The first-order valence-electron chi connectivity index (χ1n) is 7.88. The third-order valence-corrected chi connectivity index (χ3v) is 4.81. The van der Waals surface area contributed by atoms with Crippen molar-refractivity contribution in [1.82, 2.24) is 9.80 Å². The van der Waals surface area contributed by atoms with Crippen molar-refractivity contribution >= 4 is 29.0 Å². The summed E-state index contributed by atoms with van der Waals surface area (Å²) in [5.74, 6) is 0.604. The molecule has 0 radical (unpaired) electrons. The highest BCUT2D eigenvalue weighted by molar-refractivity contribution is 8.18. The number of thioether (sulfide) groups is 1. The zero-order valence-corrected chi connectivity index (χ0v) is 14.0. The average molecular weight is 332 g/mol. The van der Waals surface area contributed by atoms with Crippen LogP contribution in [0.25, 0.3) is 6.08 Å². The zero-order chi connectivity index (χ0) is 16.2. The molecule has 6 heteroatoms. The largest absolute Gasteiger partial charge is 0.494 e. The first-order valence-corrected chi connectivity index (χ1v) is 8.69. The van der Waals surface area contributed by atoms with Crippen LogP contribution in [-0.4, -0.2) is 47.3 Å². The maximum absolute atomic E-state index is 12.4. The first-order chi connectivity index (χ1) is 11.2. The van der Waals surface area contributed by atoms with Gasteiger partial charge in [-0.3, -0.25) is 19.4 Å². The van der Waals surface area contributed by atoms with E-state index >= 15 is 0 Å². The van der Waals surface area contributed by atoms with Crippen LogP contribution in [0.5, 0.6) is 5.75 Å². The van der Waals surface area contributed by atoms with E-state index in [1.54, 1.807) is 6.08 Å². The van der Waals surface area contributed by atoms with E-state index in [0.29, 0.717) is 18.2 Å². The van der Waals surface area contributed by atoms with Crippen molar-refractivity contribution in [3.63, 3.8) is 0 Å². The summed E-state index contributed by atoms with van der Waals surface area (Å²) in [6.45, 7) is 4.88. The van der Waals surface area contributed by atoms with E-state index in [-0.39, 0.29) is 11.1 Å². The third kappa shape index (κ3) is 3.76. The zero-order valence-electron chi connectivity index (χ0n) is 13.2. The number of carbonyl (C=O) groups excluding carboxylic acids is 2. The molecule has 3 rings (SSSR count). The molecular formula is C17H20N2O3S. The number of likely N-dealkylation sites (tertiary alicyclic amines) is 1. The first kappa shape index (κ1) is 16.1. The highest BCUT2D eigenvalue weighted by atomic mass is 32.2. The van der Waals surface area contributed by atoms with E-state index in [2.05, 4.69) is 4.90 Å². The van der Waals surface area contributed by atoms with Gasteiger partial charge in [0.15, 0.2) is 0 Å². The van der Waals surface area contributed by atoms with Crippen molar-refractivity contribution in [1.29, 1.82) is 0 Å². The van der Waals surface area contributed by atoms with Gasteiger partial charge in [0.25, 0.3) is 11.1 Å². The highest BCUT2D eigenvalue weighted by Gasteiger charge is 2.36. The quantitative estimate of drug-likeness (QED) is 0.775. The minimum atomic E-state index is -0.194. The molecule has 0 unspecified atom stereocenters. The van der Waals surface area contributed by atoms with Crippen LogP contribution >= 0.6 is 11.8 Å². The van der Waals surface area contributed by atoms with Gasteiger partial charge >= 0.3 is 0 Å². The summed E-state index contributed by atoms with van der Waals surface area (Å²) in [5, 5.41) is -0.181. The Labute approximate surface area is 140 Å². The van der Waals surface area contributed by atoms with Gasteiger partial charge in [0, 0.05) is 0 Å². The van der Waals surface area contributed by atoms with Crippen LogP contribution in [0, 0.1) is 0 Å². The monoisotopic (exact) mass is 332 g/mol. The predicted molar refractivity (Wildman–Crippen MR) is 91.1 cm³/mol. The fourth-order valence-corrected chi connectivity index (χ4v) is 3.56. The molecule has 2 heterocycles. The van der Waals surface area contributed by atoms with Gasteiger partial charge in [-0.25, -0.2) is 0 Å². The summed E-state index contributed by atoms with van der Waals surface area (Å²) < 4.78 is 5.40. The summed E-state index contributed by atoms with van der Waals surface area (Å²) in [6, 6.07) is 7.51. The predicted octanol–water partition coefficient (Wildman–Crippen LogP) is 3.17. The lowest BCUT2D eigenvalue weighted by Gasteiger charge is -2.20. The Balaban J connectivity index is 1.70. The molecule has 23 heavy (non-hydrogen) atoms. The van der Waals surface area contributed by atoms with Crippen LogP contribution in [0.3, 0.4) is 0 Å². The van der Waals surface area contributed by atoms with Crippen LogP contribution in [0.2, 0.25) is 0 Å². The molecule has 0 spiro atoms. The van der Waals surface area contributed by atoms with E-state index in [0.717, 1.165) is 49.0 Å². The molecule has 2 aliphatic rings. The lowest BCUT2D eigenvalue weighted by atomic mass is 10.2. The Hall–Kier alpha value is -1.79. The number of hydrogen-bond acceptors (Lipinski definition) is 5. The highest BCUT2D eigenvalue weighted by Crippen LogP contribution is 2.32. The number of imide groups is 1. The Morgan fingerprint density at radius 3 is 2.52 bits per heavy atom. The molecule has 2 saturated heterocycles. The second-order valence-electron chi connectivity index (χ2n) is 5.58. The minimum absolute atomic E-state index is 0.181. The van der Waals surface area contributed by atoms with Crippen molar-refractivity contribution in [2.24, 2.45) is 0 Å². The summed E-state index contributed by atoms with van der Waals surface area (Å²) in [4.78, 5) is 28.5. The molecule has 1 aromatic carbocycles. The fourth-order valence-electron chi connectivity index (χ4n) is 2.72. The molecule has 0 aromatic heterocycles. The summed E-state index contributed by atoms with van der Waals surface area (Å²) in [6.07, 6.45) is 4.04. The standard InChI is InChI=1S/C17H20N2O3S/c1-2-22-14-7-5-13(6-8-14)11-15-16(20)19(17(21)23-15)12-18-9-3-4-10-18/h5-8,11H,2-4,9-10,12H2,1H3/b15-11+. The van der Waals surface area contributed by atoms with E-state index in [1.807, 2.05) is 31.2 Å². The minimum Gasteiger partial charge on any atom is -0.494 e. The van der Waals surface area contributed by atoms with Crippen LogP contribution < -0.4 is 4.74 Å². The molecule has 2 fully saturated rings. The molecule has 0 atom stereocenters. The Morgan fingerprint density at radius 1 is 1.17 bits per heavy atom. The molecule has 5 nitrogen and oxygen atoms in total. The topological polar surface area (TPSA) is 49.9 Å². The number of carbonyl (C=O) groups is 2. The number of rotatable bonds is 5. The second kappa shape index (κ2) is 7.19. The van der Waals surface area contributed by atoms with E-state index in [9.17, 15) is 9.59 Å². The van der Waals surface area contributed by atoms with Crippen molar-refractivity contribution in [2.45, 2.75) is 19.8 Å². The smallest absolute Gasteiger partial charge is 0.294 e. The number of hydrogen-bond donors (Lipinski definition) is 0. The average Bonchev–Trinajstić information content (AvgIpc) is 3.14. The second-order valence-corrected chi connectivity index (χ2v) is 6.57. The van der Waals surface area contributed by atoms with Crippen LogP contribution in [0.4, 0.5) is 4.79 Å². The molecular weight excluding hydrogens is 312 g/mol. The number of nitrogens with zero attached hydrogens (tertiary/aromatic N) is 2. The number of ether oxygens (including phenoxy) is 1. The van der Waals surface area contributed by atoms with Gasteiger partial charge in [0.2, 0.25) is 0 Å². The van der Waals surface area contributed by atoms with Gasteiger partial charge in [-0.05, 0) is 68.4 Å². The summed E-state index contributed by atoms with van der Waals surface area (Å²) in [7, 11) is 0. The van der Waals surface area contributed by atoms with Crippen molar-refractivity contribution < 1.29 is 14.3 Å². The molecule has 0 saturated carbocycles. The molecule has 2 amide bonds. The number of benzene rings is 1. The lowest BCUT2D eigenvalue weighted by molar-refractivity contribution is -0.124. The molecule has 2 aliphatic heterocycles. The van der Waals surface area contributed by atoms with E-state index in [4.69, 9.17) is 4.74 Å². The SMILES string of the molecule is CCOc1ccc(/C=C2/SC(=O)N(CN3CCCC3)C2=O)cc1. The van der Waals surface area contributed by atoms with Crippen LogP contribution in [-0.2, 0) is 4.79 Å². The van der Waals surface area contributed by atoms with Gasteiger partial charge in [-0.1, -0.05) is 12.1 Å². The Kier molecular flexibility index (Phi) is 5.03. The molecule has 122 valence electrons. The van der Waals surface area contributed by atoms with E-state index < -0.39 is 0 Å². The maximum Gasteiger partial charge on any atom is 0.294 e. The van der Waals surface area contributed by atoms with Crippen molar-refractivity contribution in [2.75, 3.05) is 26.4 Å². The Morgan fingerprint density at radius 2 is 1.87 bits per heavy atom. The van der Waals surface area contributed by atoms with E-state index in [1.165, 1.54) is 4.90 Å². The summed E-state index contributed by atoms with van der Waals surface area (Å²) >= 11 is 1.02.